The van der Waals surface area contributed by atoms with Gasteiger partial charge in [0.25, 0.3) is 10.0 Å². The second-order valence-electron chi connectivity index (χ2n) is 9.38. The predicted octanol–water partition coefficient (Wildman–Crippen LogP) is 4.75. The van der Waals surface area contributed by atoms with Crippen LogP contribution < -0.4 is 9.62 Å². The van der Waals surface area contributed by atoms with E-state index < -0.39 is 28.5 Å². The Labute approximate surface area is 226 Å². The number of rotatable bonds is 11. The normalized spacial score (nSPS) is 12.0. The van der Waals surface area contributed by atoms with E-state index in [1.54, 1.807) is 24.3 Å². The van der Waals surface area contributed by atoms with Crippen LogP contribution in [0.3, 0.4) is 0 Å². The molecule has 0 bridgehead atoms. The predicted molar refractivity (Wildman–Crippen MR) is 151 cm³/mol. The van der Waals surface area contributed by atoms with E-state index in [0.717, 1.165) is 26.6 Å². The molecular formula is C30H37N3O4S. The highest BCUT2D eigenvalue weighted by molar-refractivity contribution is 7.92. The summed E-state index contributed by atoms with van der Waals surface area (Å²) in [5.41, 5.74) is 4.03. The smallest absolute Gasteiger partial charge is 0.264 e. The molecular weight excluding hydrogens is 498 g/mol. The zero-order chi connectivity index (χ0) is 27.9. The summed E-state index contributed by atoms with van der Waals surface area (Å²) in [7, 11) is -4.08. The fourth-order valence-corrected chi connectivity index (χ4v) is 6.00. The van der Waals surface area contributed by atoms with Gasteiger partial charge in [0.15, 0.2) is 0 Å². The van der Waals surface area contributed by atoms with Gasteiger partial charge in [-0.15, -0.1) is 0 Å². The summed E-state index contributed by atoms with van der Waals surface area (Å²) >= 11 is 0. The summed E-state index contributed by atoms with van der Waals surface area (Å²) in [6.45, 7) is 9.56. The molecule has 0 fully saturated rings. The Morgan fingerprint density at radius 2 is 1.53 bits per heavy atom. The zero-order valence-electron chi connectivity index (χ0n) is 22.8. The first-order valence-electron chi connectivity index (χ1n) is 12.9. The highest BCUT2D eigenvalue weighted by Crippen LogP contribution is 2.28. The van der Waals surface area contributed by atoms with Crippen molar-refractivity contribution < 1.29 is 18.0 Å². The first-order chi connectivity index (χ1) is 18.1. The SMILES string of the molecule is CCNC(=O)[C@H](CC)N(Cc1ccccc1C)C(=O)CN(c1ccc(C)cc1C)S(=O)(=O)c1ccccc1. The number of amides is 2. The van der Waals surface area contributed by atoms with E-state index in [1.807, 2.05) is 71.0 Å². The molecule has 0 spiro atoms. The molecule has 7 nitrogen and oxygen atoms in total. The monoisotopic (exact) mass is 535 g/mol. The average Bonchev–Trinajstić information content (AvgIpc) is 2.89. The number of anilines is 1. The van der Waals surface area contributed by atoms with Crippen LogP contribution in [0.15, 0.2) is 77.7 Å². The summed E-state index contributed by atoms with van der Waals surface area (Å²) in [5, 5.41) is 2.82. The van der Waals surface area contributed by atoms with Crippen molar-refractivity contribution in [1.82, 2.24) is 10.2 Å². The van der Waals surface area contributed by atoms with Crippen molar-refractivity contribution in [1.29, 1.82) is 0 Å². The summed E-state index contributed by atoms with van der Waals surface area (Å²) in [4.78, 5) is 28.7. The summed E-state index contributed by atoms with van der Waals surface area (Å²) < 4.78 is 28.9. The second kappa shape index (κ2) is 12.7. The first kappa shape index (κ1) is 28.9. The van der Waals surface area contributed by atoms with E-state index in [4.69, 9.17) is 0 Å². The van der Waals surface area contributed by atoms with E-state index in [9.17, 15) is 18.0 Å². The largest absolute Gasteiger partial charge is 0.355 e. The van der Waals surface area contributed by atoms with Gasteiger partial charge in [0.2, 0.25) is 11.8 Å². The van der Waals surface area contributed by atoms with Crippen LogP contribution in [0.2, 0.25) is 0 Å². The molecule has 0 saturated carbocycles. The molecule has 3 aromatic carbocycles. The molecule has 0 aromatic heterocycles. The van der Waals surface area contributed by atoms with Gasteiger partial charge in [-0.05, 0) is 69.0 Å². The van der Waals surface area contributed by atoms with Crippen LogP contribution in [0.5, 0.6) is 0 Å². The minimum absolute atomic E-state index is 0.0917. The average molecular weight is 536 g/mol. The molecule has 2 amide bonds. The first-order valence-corrected chi connectivity index (χ1v) is 14.3. The van der Waals surface area contributed by atoms with E-state index in [1.165, 1.54) is 17.0 Å². The Hall–Kier alpha value is -3.65. The number of hydrogen-bond acceptors (Lipinski definition) is 4. The molecule has 1 atom stereocenters. The Bertz CT molecular complexity index is 1370. The molecule has 0 radical (unpaired) electrons. The van der Waals surface area contributed by atoms with Crippen molar-refractivity contribution >= 4 is 27.5 Å². The number of aryl methyl sites for hydroxylation is 3. The number of benzene rings is 3. The van der Waals surface area contributed by atoms with Crippen molar-refractivity contribution in [2.24, 2.45) is 0 Å². The molecule has 0 aliphatic carbocycles. The third-order valence-corrected chi connectivity index (χ3v) is 8.34. The Balaban J connectivity index is 2.10. The fraction of sp³-hybridized carbons (Fsp3) is 0.333. The number of carbonyl (C=O) groups excluding carboxylic acids is 2. The number of hydrogen-bond donors (Lipinski definition) is 1. The minimum atomic E-state index is -4.08. The topological polar surface area (TPSA) is 86.8 Å². The molecule has 0 aliphatic rings. The minimum Gasteiger partial charge on any atom is -0.355 e. The standard InChI is InChI=1S/C30H37N3O4S/c1-6-27(30(35)31-7-2)32(20-25-14-12-11-13-23(25)4)29(34)21-33(28-18-17-22(3)19-24(28)5)38(36,37)26-15-9-8-10-16-26/h8-19,27H,6-7,20-21H2,1-5H3,(H,31,35)/t27-/m0/s1. The summed E-state index contributed by atoms with van der Waals surface area (Å²) in [6, 6.07) is 20.5. The molecule has 3 rings (SSSR count). The van der Waals surface area contributed by atoms with Gasteiger partial charge in [-0.3, -0.25) is 13.9 Å². The maximum absolute atomic E-state index is 14.0. The third kappa shape index (κ3) is 6.61. The van der Waals surface area contributed by atoms with Crippen LogP contribution in [-0.2, 0) is 26.2 Å². The van der Waals surface area contributed by atoms with Crippen LogP contribution in [0, 0.1) is 20.8 Å². The molecule has 3 aromatic rings. The number of likely N-dealkylation sites (N-methyl/N-ethyl adjacent to an activating group) is 1. The Kier molecular flexibility index (Phi) is 9.69. The number of carbonyl (C=O) groups is 2. The van der Waals surface area contributed by atoms with Gasteiger partial charge >= 0.3 is 0 Å². The molecule has 0 saturated heterocycles. The molecule has 8 heteroatoms. The molecule has 0 unspecified atom stereocenters. The molecule has 1 N–H and O–H groups in total. The van der Waals surface area contributed by atoms with Crippen molar-refractivity contribution in [3.8, 4) is 0 Å². The van der Waals surface area contributed by atoms with Gasteiger partial charge in [0, 0.05) is 13.1 Å². The van der Waals surface area contributed by atoms with E-state index >= 15 is 0 Å². The van der Waals surface area contributed by atoms with Gasteiger partial charge in [0.05, 0.1) is 10.6 Å². The zero-order valence-corrected chi connectivity index (χ0v) is 23.6. The Morgan fingerprint density at radius 3 is 2.13 bits per heavy atom. The van der Waals surface area contributed by atoms with Gasteiger partial charge in [-0.2, -0.15) is 0 Å². The lowest BCUT2D eigenvalue weighted by molar-refractivity contribution is -0.140. The van der Waals surface area contributed by atoms with Crippen molar-refractivity contribution in [2.75, 3.05) is 17.4 Å². The number of nitrogens with zero attached hydrogens (tertiary/aromatic N) is 2. The maximum Gasteiger partial charge on any atom is 0.264 e. The highest BCUT2D eigenvalue weighted by Gasteiger charge is 2.34. The highest BCUT2D eigenvalue weighted by atomic mass is 32.2. The van der Waals surface area contributed by atoms with E-state index in [2.05, 4.69) is 5.32 Å². The van der Waals surface area contributed by atoms with Crippen molar-refractivity contribution in [3.63, 3.8) is 0 Å². The number of nitrogens with one attached hydrogen (secondary N) is 1. The van der Waals surface area contributed by atoms with Crippen LogP contribution in [-0.4, -0.2) is 44.3 Å². The second-order valence-corrected chi connectivity index (χ2v) is 11.2. The van der Waals surface area contributed by atoms with Gasteiger partial charge in [-0.1, -0.05) is 67.1 Å². The number of sulfonamides is 1. The van der Waals surface area contributed by atoms with Crippen LogP contribution in [0.25, 0.3) is 0 Å². The van der Waals surface area contributed by atoms with Crippen LogP contribution in [0.1, 0.15) is 42.5 Å². The lowest BCUT2D eigenvalue weighted by atomic mass is 10.1. The van der Waals surface area contributed by atoms with Gasteiger partial charge in [0.1, 0.15) is 12.6 Å². The lowest BCUT2D eigenvalue weighted by Crippen LogP contribution is -2.52. The van der Waals surface area contributed by atoms with Crippen molar-refractivity contribution in [2.45, 2.75) is 58.5 Å². The molecule has 0 heterocycles. The fourth-order valence-electron chi connectivity index (χ4n) is 4.50. The molecule has 0 aliphatic heterocycles. The molecule has 202 valence electrons. The van der Waals surface area contributed by atoms with Crippen LogP contribution in [0.4, 0.5) is 5.69 Å². The maximum atomic E-state index is 14.0. The summed E-state index contributed by atoms with van der Waals surface area (Å²) in [6.07, 6.45) is 0.387. The lowest BCUT2D eigenvalue weighted by Gasteiger charge is -2.34. The van der Waals surface area contributed by atoms with Gasteiger partial charge < -0.3 is 10.2 Å². The van der Waals surface area contributed by atoms with Crippen molar-refractivity contribution in [3.05, 3.63) is 95.1 Å². The third-order valence-electron chi connectivity index (χ3n) is 6.57. The van der Waals surface area contributed by atoms with E-state index in [0.29, 0.717) is 18.7 Å². The molecule has 38 heavy (non-hydrogen) atoms. The van der Waals surface area contributed by atoms with E-state index in [-0.39, 0.29) is 17.3 Å². The quantitative estimate of drug-likeness (QED) is 0.384. The summed E-state index contributed by atoms with van der Waals surface area (Å²) in [5.74, 6) is -0.716. The van der Waals surface area contributed by atoms with Gasteiger partial charge in [-0.25, -0.2) is 8.42 Å². The Morgan fingerprint density at radius 1 is 0.868 bits per heavy atom. The van der Waals surface area contributed by atoms with Crippen LogP contribution >= 0.6 is 0 Å².